The lowest BCUT2D eigenvalue weighted by Crippen LogP contribution is -2.53. The highest BCUT2D eigenvalue weighted by Crippen LogP contribution is 2.40. The number of ether oxygens (including phenoxy) is 6. The molecule has 3 aliphatic heterocycles. The van der Waals surface area contributed by atoms with Gasteiger partial charge in [-0.3, -0.25) is 4.79 Å². The molecule has 176 valence electrons. The molecule has 5 atom stereocenters. The van der Waals surface area contributed by atoms with Gasteiger partial charge in [0.25, 0.3) is 0 Å². The normalized spacial score (nSPS) is 32.3. The molecule has 1 aromatic rings. The van der Waals surface area contributed by atoms with Crippen molar-refractivity contribution in [1.82, 2.24) is 5.32 Å². The molecule has 0 aromatic heterocycles. The fraction of sp³-hybridized carbons (Fsp3) is 0.636. The lowest BCUT2D eigenvalue weighted by atomic mass is 10.0. The zero-order valence-corrected chi connectivity index (χ0v) is 18.9. The van der Waals surface area contributed by atoms with Crippen LogP contribution >= 0.6 is 0 Å². The van der Waals surface area contributed by atoms with E-state index in [2.05, 4.69) is 15.4 Å². The molecule has 10 heteroatoms. The van der Waals surface area contributed by atoms with Crippen LogP contribution in [0.1, 0.15) is 33.3 Å². The second kappa shape index (κ2) is 8.60. The van der Waals surface area contributed by atoms with Crippen molar-refractivity contribution >= 4 is 17.7 Å². The first-order chi connectivity index (χ1) is 15.0. The van der Waals surface area contributed by atoms with Gasteiger partial charge in [0.2, 0.25) is 0 Å². The van der Waals surface area contributed by atoms with Crippen LogP contribution in [0.3, 0.4) is 0 Å². The van der Waals surface area contributed by atoms with Gasteiger partial charge in [0.15, 0.2) is 17.9 Å². The summed E-state index contributed by atoms with van der Waals surface area (Å²) in [5.41, 5.74) is 1.36. The first-order valence-electron chi connectivity index (χ1n) is 10.6. The van der Waals surface area contributed by atoms with Crippen LogP contribution in [0.2, 0.25) is 0 Å². The number of carbonyl (C=O) groups is 2. The number of anilines is 1. The van der Waals surface area contributed by atoms with Gasteiger partial charge in [-0.2, -0.15) is 0 Å². The van der Waals surface area contributed by atoms with Crippen LogP contribution < -0.4 is 10.6 Å². The summed E-state index contributed by atoms with van der Waals surface area (Å²) in [6, 6.07) is 6.02. The van der Waals surface area contributed by atoms with E-state index in [-0.39, 0.29) is 18.5 Å². The fourth-order valence-electron chi connectivity index (χ4n) is 4.16. The quantitative estimate of drug-likeness (QED) is 0.654. The van der Waals surface area contributed by atoms with Gasteiger partial charge in [0, 0.05) is 5.69 Å². The van der Waals surface area contributed by atoms with Gasteiger partial charge in [-0.25, -0.2) is 4.79 Å². The van der Waals surface area contributed by atoms with Crippen LogP contribution in [0.25, 0.3) is 0 Å². The minimum atomic E-state index is -0.821. The Morgan fingerprint density at radius 3 is 2.38 bits per heavy atom. The molecule has 2 amide bonds. The number of nitrogens with one attached hydrogen (secondary N) is 2. The Bertz CT molecular complexity index is 856. The summed E-state index contributed by atoms with van der Waals surface area (Å²) in [6.45, 7) is 7.60. The number of fused-ring (bicyclic) bond motifs is 1. The molecule has 3 heterocycles. The van der Waals surface area contributed by atoms with Crippen molar-refractivity contribution in [1.29, 1.82) is 0 Å². The maximum atomic E-state index is 12.8. The van der Waals surface area contributed by atoms with Gasteiger partial charge in [-0.05, 0) is 45.4 Å². The predicted octanol–water partition coefficient (Wildman–Crippen LogP) is 1.92. The number of methoxy groups -OCH3 is 1. The van der Waals surface area contributed by atoms with Crippen LogP contribution in [-0.2, 0) is 39.6 Å². The third-order valence-electron chi connectivity index (χ3n) is 5.57. The lowest BCUT2D eigenvalue weighted by Gasteiger charge is -2.29. The van der Waals surface area contributed by atoms with Crippen molar-refractivity contribution in [2.75, 3.05) is 19.0 Å². The van der Waals surface area contributed by atoms with E-state index in [4.69, 9.17) is 23.7 Å². The first-order valence-corrected chi connectivity index (χ1v) is 10.6. The number of hydrogen-bond acceptors (Lipinski definition) is 8. The van der Waals surface area contributed by atoms with Crippen LogP contribution in [0, 0.1) is 0 Å². The molecule has 4 rings (SSSR count). The summed E-state index contributed by atoms with van der Waals surface area (Å²) in [5, 5.41) is 5.76. The molecule has 3 aliphatic rings. The molecule has 2 N–H and O–H groups in total. The van der Waals surface area contributed by atoms with Crippen molar-refractivity contribution in [2.24, 2.45) is 0 Å². The average molecular weight is 450 g/mol. The van der Waals surface area contributed by atoms with Gasteiger partial charge < -0.3 is 39.1 Å². The monoisotopic (exact) mass is 450 g/mol. The summed E-state index contributed by atoms with van der Waals surface area (Å²) in [6.07, 6.45) is -1.83. The second-order valence-corrected chi connectivity index (χ2v) is 9.01. The second-order valence-electron chi connectivity index (χ2n) is 9.01. The average Bonchev–Trinajstić information content (AvgIpc) is 3.33. The number of carbonyl (C=O) groups excluding carboxylic acids is 2. The molecule has 0 saturated carbocycles. The third-order valence-corrected chi connectivity index (χ3v) is 5.57. The van der Waals surface area contributed by atoms with Gasteiger partial charge in [-0.1, -0.05) is 12.1 Å². The van der Waals surface area contributed by atoms with Crippen LogP contribution in [0.4, 0.5) is 10.5 Å². The van der Waals surface area contributed by atoms with E-state index in [9.17, 15) is 9.59 Å². The molecular weight excluding hydrogens is 420 g/mol. The highest BCUT2D eigenvalue weighted by Gasteiger charge is 2.58. The van der Waals surface area contributed by atoms with Crippen LogP contribution in [-0.4, -0.2) is 67.9 Å². The number of rotatable bonds is 5. The minimum absolute atomic E-state index is 0.167. The molecule has 0 bridgehead atoms. The summed E-state index contributed by atoms with van der Waals surface area (Å²) in [5.74, 6) is -1.88. The maximum Gasteiger partial charge on any atom is 0.319 e. The van der Waals surface area contributed by atoms with E-state index in [1.165, 1.54) is 7.11 Å². The van der Waals surface area contributed by atoms with Gasteiger partial charge >= 0.3 is 12.0 Å². The molecule has 0 radical (unpaired) electrons. The van der Waals surface area contributed by atoms with Crippen molar-refractivity contribution in [3.05, 3.63) is 29.8 Å². The Labute approximate surface area is 186 Å². The summed E-state index contributed by atoms with van der Waals surface area (Å²) < 4.78 is 34.3. The Morgan fingerprint density at radius 2 is 1.75 bits per heavy atom. The molecule has 0 spiro atoms. The number of esters is 1. The Balaban J connectivity index is 1.42. The molecule has 32 heavy (non-hydrogen) atoms. The van der Waals surface area contributed by atoms with Crippen molar-refractivity contribution < 1.29 is 38.0 Å². The van der Waals surface area contributed by atoms with Gasteiger partial charge in [0.05, 0.1) is 26.2 Å². The van der Waals surface area contributed by atoms with E-state index in [0.29, 0.717) is 12.3 Å². The van der Waals surface area contributed by atoms with Crippen LogP contribution in [0.15, 0.2) is 24.3 Å². The molecule has 0 aliphatic carbocycles. The maximum absolute atomic E-state index is 12.8. The zero-order valence-electron chi connectivity index (χ0n) is 18.9. The molecule has 3 saturated heterocycles. The Hall–Kier alpha value is -2.24. The lowest BCUT2D eigenvalue weighted by molar-refractivity contribution is -0.223. The first kappa shape index (κ1) is 22.9. The minimum Gasteiger partial charge on any atom is -0.469 e. The summed E-state index contributed by atoms with van der Waals surface area (Å²) in [7, 11) is 1.34. The largest absolute Gasteiger partial charge is 0.469 e. The van der Waals surface area contributed by atoms with E-state index in [0.717, 1.165) is 5.56 Å². The number of urea groups is 1. The van der Waals surface area contributed by atoms with Gasteiger partial charge in [-0.15, -0.1) is 0 Å². The number of amides is 2. The number of benzene rings is 1. The summed E-state index contributed by atoms with van der Waals surface area (Å²) in [4.78, 5) is 24.2. The van der Waals surface area contributed by atoms with Crippen LogP contribution in [0.5, 0.6) is 0 Å². The smallest absolute Gasteiger partial charge is 0.319 e. The molecule has 1 aromatic carbocycles. The van der Waals surface area contributed by atoms with Crippen molar-refractivity contribution in [3.8, 4) is 0 Å². The zero-order chi connectivity index (χ0) is 23.1. The van der Waals surface area contributed by atoms with Crippen molar-refractivity contribution in [2.45, 2.75) is 76.3 Å². The highest BCUT2D eigenvalue weighted by molar-refractivity contribution is 5.89. The van der Waals surface area contributed by atoms with Crippen molar-refractivity contribution in [3.63, 3.8) is 0 Å². The topological polar surface area (TPSA) is 114 Å². The molecule has 10 nitrogen and oxygen atoms in total. The molecule has 3 fully saturated rings. The number of hydrogen-bond donors (Lipinski definition) is 2. The molecular formula is C22H30N2O8. The predicted molar refractivity (Wildman–Crippen MR) is 112 cm³/mol. The van der Waals surface area contributed by atoms with Gasteiger partial charge in [0.1, 0.15) is 18.3 Å². The third kappa shape index (κ3) is 5.05. The molecule has 0 unspecified atom stereocenters. The van der Waals surface area contributed by atoms with E-state index in [1.807, 2.05) is 13.8 Å². The van der Waals surface area contributed by atoms with E-state index >= 15 is 0 Å². The fourth-order valence-corrected chi connectivity index (χ4v) is 4.16. The van der Waals surface area contributed by atoms with E-state index < -0.39 is 42.1 Å². The van der Waals surface area contributed by atoms with E-state index in [1.54, 1.807) is 38.1 Å². The SMILES string of the molecule is COC(=O)Cc1ccc(NC(=O)N[C@@H]2[C@H]3OC(C)(C)O[C@H]3O[C@@H]2[C@H]2COC(C)(C)O2)cc1. The Morgan fingerprint density at radius 1 is 1.03 bits per heavy atom. The standard InChI is InChI=1S/C22H30N2O8/c1-21(2)28-11-14(30-21)17-16(18-19(29-17)32-22(3,4)31-18)24-20(26)23-13-8-6-12(7-9-13)10-15(25)27-5/h6-9,14,16-19H,10-11H2,1-5H3,(H2,23,24,26)/t14-,16+,17-,18-,19-/m1/s1. The Kier molecular flexibility index (Phi) is 6.17. The summed E-state index contributed by atoms with van der Waals surface area (Å²) >= 11 is 0. The highest BCUT2D eigenvalue weighted by atomic mass is 16.8.